The number of hydrogen-bond donors (Lipinski definition) is 2. The van der Waals surface area contributed by atoms with Crippen molar-refractivity contribution in [2.75, 3.05) is 13.1 Å². The smallest absolute Gasteiger partial charge is 0.253 e. The molecule has 140 valence electrons. The van der Waals surface area contributed by atoms with Gasteiger partial charge >= 0.3 is 0 Å². The monoisotopic (exact) mass is 393 g/mol. The van der Waals surface area contributed by atoms with E-state index in [1.807, 2.05) is 37.3 Å². The maximum absolute atomic E-state index is 12.9. The molecule has 1 aliphatic rings. The molecule has 2 unspecified atom stereocenters. The van der Waals surface area contributed by atoms with E-state index in [9.17, 15) is 13.2 Å². The van der Waals surface area contributed by atoms with Gasteiger partial charge in [0, 0.05) is 24.0 Å². The number of nitrogens with two attached hydrogens (primary N) is 1. The maximum atomic E-state index is 12.9. The Hall–Kier alpha value is -1.74. The lowest BCUT2D eigenvalue weighted by Gasteiger charge is -2.23. The summed E-state index contributed by atoms with van der Waals surface area (Å²) >= 11 is 1.23. The summed E-state index contributed by atoms with van der Waals surface area (Å²) in [6.45, 7) is 2.50. The van der Waals surface area contributed by atoms with Gasteiger partial charge in [-0.3, -0.25) is 4.79 Å². The fraction of sp³-hybridized carbons (Fsp3) is 0.389. The van der Waals surface area contributed by atoms with Crippen molar-refractivity contribution < 1.29 is 13.2 Å². The van der Waals surface area contributed by atoms with E-state index in [2.05, 4.69) is 5.32 Å². The van der Waals surface area contributed by atoms with Crippen LogP contribution in [-0.2, 0) is 14.8 Å². The van der Waals surface area contributed by atoms with E-state index >= 15 is 0 Å². The van der Waals surface area contributed by atoms with Gasteiger partial charge in [-0.15, -0.1) is 11.3 Å². The van der Waals surface area contributed by atoms with E-state index in [-0.39, 0.29) is 22.7 Å². The van der Waals surface area contributed by atoms with Gasteiger partial charge in [0.2, 0.25) is 5.91 Å². The number of carbonyl (C=O) groups excluding carboxylic acids is 1. The number of thiophene rings is 1. The summed E-state index contributed by atoms with van der Waals surface area (Å²) in [5.41, 5.74) is 7.04. The van der Waals surface area contributed by atoms with E-state index in [0.717, 1.165) is 10.4 Å². The average molecular weight is 394 g/mol. The molecule has 0 radical (unpaired) electrons. The van der Waals surface area contributed by atoms with Crippen LogP contribution in [0.1, 0.15) is 29.3 Å². The molecule has 1 amide bonds. The van der Waals surface area contributed by atoms with Gasteiger partial charge in [0.05, 0.1) is 0 Å². The van der Waals surface area contributed by atoms with Crippen molar-refractivity contribution in [1.82, 2.24) is 9.62 Å². The third-order valence-corrected chi connectivity index (χ3v) is 7.89. The van der Waals surface area contributed by atoms with E-state index in [0.29, 0.717) is 19.4 Å². The van der Waals surface area contributed by atoms with Crippen molar-refractivity contribution in [1.29, 1.82) is 0 Å². The zero-order valence-electron chi connectivity index (χ0n) is 14.6. The molecule has 1 aromatic carbocycles. The van der Waals surface area contributed by atoms with Crippen molar-refractivity contribution in [2.24, 2.45) is 5.73 Å². The normalized spacial score (nSPS) is 19.4. The molecule has 26 heavy (non-hydrogen) atoms. The first-order valence-corrected chi connectivity index (χ1v) is 10.8. The SMILES string of the molecule is Cc1ccc(S(=O)(=O)N2CCCC2C(=O)NCC(N)c2ccccc2)s1. The summed E-state index contributed by atoms with van der Waals surface area (Å²) in [5, 5.41) is 2.81. The van der Waals surface area contributed by atoms with Crippen LogP contribution in [0.5, 0.6) is 0 Å². The molecule has 8 heteroatoms. The van der Waals surface area contributed by atoms with Crippen molar-refractivity contribution in [3.8, 4) is 0 Å². The number of nitrogens with zero attached hydrogens (tertiary/aromatic N) is 1. The van der Waals surface area contributed by atoms with Crippen LogP contribution in [0.25, 0.3) is 0 Å². The third kappa shape index (κ3) is 3.98. The average Bonchev–Trinajstić information content (AvgIpc) is 3.30. The highest BCUT2D eigenvalue weighted by Crippen LogP contribution is 2.30. The molecule has 0 aliphatic carbocycles. The number of amides is 1. The Kier molecular flexibility index (Phi) is 5.76. The van der Waals surface area contributed by atoms with Gasteiger partial charge < -0.3 is 11.1 Å². The Morgan fingerprint density at radius 3 is 2.69 bits per heavy atom. The van der Waals surface area contributed by atoms with Crippen LogP contribution in [0.15, 0.2) is 46.7 Å². The predicted molar refractivity (Wildman–Crippen MR) is 102 cm³/mol. The van der Waals surface area contributed by atoms with Crippen LogP contribution in [0.3, 0.4) is 0 Å². The van der Waals surface area contributed by atoms with Gasteiger partial charge in [-0.1, -0.05) is 30.3 Å². The summed E-state index contributed by atoms with van der Waals surface area (Å²) in [5.74, 6) is -0.286. The first-order valence-electron chi connectivity index (χ1n) is 8.56. The molecule has 2 aromatic rings. The molecular formula is C18H23N3O3S2. The molecule has 3 rings (SSSR count). The van der Waals surface area contributed by atoms with Crippen molar-refractivity contribution >= 4 is 27.3 Å². The summed E-state index contributed by atoms with van der Waals surface area (Å²) in [4.78, 5) is 13.5. The molecule has 2 heterocycles. The lowest BCUT2D eigenvalue weighted by Crippen LogP contribution is -2.47. The van der Waals surface area contributed by atoms with Gasteiger partial charge in [0.1, 0.15) is 10.3 Å². The summed E-state index contributed by atoms with van der Waals surface area (Å²) in [7, 11) is -3.64. The first-order chi connectivity index (χ1) is 12.4. The Labute approximate surface area is 158 Å². The highest BCUT2D eigenvalue weighted by Gasteiger charge is 2.40. The third-order valence-electron chi connectivity index (χ3n) is 4.51. The highest BCUT2D eigenvalue weighted by atomic mass is 32.2. The molecule has 1 aromatic heterocycles. The summed E-state index contributed by atoms with van der Waals surface area (Å²) in [6, 6.07) is 11.9. The molecule has 3 N–H and O–H groups in total. The first kappa shape index (κ1) is 19.0. The Morgan fingerprint density at radius 1 is 1.31 bits per heavy atom. The standard InChI is InChI=1S/C18H23N3O3S2/c1-13-9-10-17(25-13)26(23,24)21-11-5-8-16(21)18(22)20-12-15(19)14-6-3-2-4-7-14/h2-4,6-7,9-10,15-16H,5,8,11-12,19H2,1H3,(H,20,22). The lowest BCUT2D eigenvalue weighted by molar-refractivity contribution is -0.124. The van der Waals surface area contributed by atoms with Crippen molar-refractivity contribution in [3.63, 3.8) is 0 Å². The van der Waals surface area contributed by atoms with Crippen LogP contribution in [0, 0.1) is 6.92 Å². The molecule has 2 atom stereocenters. The summed E-state index contributed by atoms with van der Waals surface area (Å²) < 4.78 is 27.3. The van der Waals surface area contributed by atoms with Crippen LogP contribution in [-0.4, -0.2) is 37.8 Å². The second kappa shape index (κ2) is 7.87. The fourth-order valence-corrected chi connectivity index (χ4v) is 6.17. The zero-order chi connectivity index (χ0) is 18.7. The van der Waals surface area contributed by atoms with E-state index in [1.54, 1.807) is 12.1 Å². The molecule has 0 saturated carbocycles. The van der Waals surface area contributed by atoms with E-state index < -0.39 is 16.1 Å². The van der Waals surface area contributed by atoms with Crippen LogP contribution in [0.4, 0.5) is 0 Å². The summed E-state index contributed by atoms with van der Waals surface area (Å²) in [6.07, 6.45) is 1.20. The largest absolute Gasteiger partial charge is 0.353 e. The molecule has 1 saturated heterocycles. The van der Waals surface area contributed by atoms with Gasteiger partial charge in [-0.2, -0.15) is 4.31 Å². The van der Waals surface area contributed by atoms with Crippen molar-refractivity contribution in [2.45, 2.75) is 36.1 Å². The van der Waals surface area contributed by atoms with E-state index in [1.165, 1.54) is 15.6 Å². The molecule has 1 aliphatic heterocycles. The minimum Gasteiger partial charge on any atom is -0.353 e. The second-order valence-electron chi connectivity index (χ2n) is 6.40. The highest BCUT2D eigenvalue weighted by molar-refractivity contribution is 7.91. The number of carbonyl (C=O) groups is 1. The van der Waals surface area contributed by atoms with Crippen LogP contribution in [0.2, 0.25) is 0 Å². The van der Waals surface area contributed by atoms with Crippen LogP contribution >= 0.6 is 11.3 Å². The molecule has 0 spiro atoms. The van der Waals surface area contributed by atoms with Crippen molar-refractivity contribution in [3.05, 3.63) is 52.9 Å². The predicted octanol–water partition coefficient (Wildman–Crippen LogP) is 2.03. The number of benzene rings is 1. The maximum Gasteiger partial charge on any atom is 0.253 e. The van der Waals surface area contributed by atoms with Gasteiger partial charge in [0.15, 0.2) is 0 Å². The number of rotatable bonds is 6. The Morgan fingerprint density at radius 2 is 2.04 bits per heavy atom. The minimum atomic E-state index is -3.64. The van der Waals surface area contributed by atoms with Gasteiger partial charge in [-0.05, 0) is 37.5 Å². The number of nitrogens with one attached hydrogen (secondary N) is 1. The fourth-order valence-electron chi connectivity index (χ4n) is 3.10. The zero-order valence-corrected chi connectivity index (χ0v) is 16.2. The molecular weight excluding hydrogens is 370 g/mol. The number of hydrogen-bond acceptors (Lipinski definition) is 5. The Balaban J connectivity index is 1.67. The topological polar surface area (TPSA) is 92.5 Å². The second-order valence-corrected chi connectivity index (χ2v) is 9.81. The Bertz CT molecular complexity index is 865. The minimum absolute atomic E-state index is 0.269. The van der Waals surface area contributed by atoms with Gasteiger partial charge in [-0.25, -0.2) is 8.42 Å². The molecule has 6 nitrogen and oxygen atoms in total. The quantitative estimate of drug-likeness (QED) is 0.785. The van der Waals surface area contributed by atoms with E-state index in [4.69, 9.17) is 5.73 Å². The molecule has 1 fully saturated rings. The van der Waals surface area contributed by atoms with Crippen LogP contribution < -0.4 is 11.1 Å². The lowest BCUT2D eigenvalue weighted by atomic mass is 10.1. The number of aryl methyl sites for hydroxylation is 1. The molecule has 0 bridgehead atoms. The van der Waals surface area contributed by atoms with Gasteiger partial charge in [0.25, 0.3) is 10.0 Å². The number of sulfonamides is 1.